The summed E-state index contributed by atoms with van der Waals surface area (Å²) in [5, 5.41) is 0. The second-order valence-electron chi connectivity index (χ2n) is 4.01. The van der Waals surface area contributed by atoms with Crippen molar-refractivity contribution in [1.29, 1.82) is 0 Å². The Morgan fingerprint density at radius 2 is 1.87 bits per heavy atom. The third kappa shape index (κ3) is 3.15. The maximum absolute atomic E-state index is 12.4. The predicted octanol–water partition coefficient (Wildman–Crippen LogP) is 3.49. The largest absolute Gasteiger partial charge is 0.416 e. The minimum absolute atomic E-state index is 0.288. The van der Waals surface area contributed by atoms with Crippen LogP contribution in [0.1, 0.15) is 25.0 Å². The lowest BCUT2D eigenvalue weighted by molar-refractivity contribution is -0.137. The lowest BCUT2D eigenvalue weighted by Crippen LogP contribution is -2.08. The predicted molar refractivity (Wildman–Crippen MR) is 54.4 cm³/mol. The van der Waals surface area contributed by atoms with E-state index >= 15 is 0 Å². The zero-order valence-corrected chi connectivity index (χ0v) is 8.73. The van der Waals surface area contributed by atoms with Crippen LogP contribution < -0.4 is 5.73 Å². The van der Waals surface area contributed by atoms with Crippen molar-refractivity contribution in [1.82, 2.24) is 0 Å². The molecule has 1 rings (SSSR count). The fourth-order valence-corrected chi connectivity index (χ4v) is 1.40. The third-order valence-corrected chi connectivity index (χ3v) is 2.10. The van der Waals surface area contributed by atoms with E-state index in [2.05, 4.69) is 0 Å². The van der Waals surface area contributed by atoms with E-state index in [4.69, 9.17) is 5.73 Å². The maximum atomic E-state index is 12.4. The molecule has 0 radical (unpaired) electrons. The molecule has 0 heterocycles. The second-order valence-corrected chi connectivity index (χ2v) is 4.01. The molecule has 15 heavy (non-hydrogen) atoms. The van der Waals surface area contributed by atoms with Gasteiger partial charge in [-0.15, -0.1) is 0 Å². The first-order valence-corrected chi connectivity index (χ1v) is 4.76. The van der Waals surface area contributed by atoms with Gasteiger partial charge in [-0.2, -0.15) is 13.2 Å². The molecule has 84 valence electrons. The van der Waals surface area contributed by atoms with Crippen LogP contribution in [0.25, 0.3) is 0 Å². The lowest BCUT2D eigenvalue weighted by Gasteiger charge is -2.12. The van der Waals surface area contributed by atoms with Crippen LogP contribution in [0.15, 0.2) is 18.2 Å². The Labute approximate surface area is 87.1 Å². The molecule has 2 N–H and O–H groups in total. The normalized spacial score (nSPS) is 12.1. The maximum Gasteiger partial charge on any atom is 0.416 e. The molecule has 0 aliphatic carbocycles. The Morgan fingerprint density at radius 3 is 2.33 bits per heavy atom. The van der Waals surface area contributed by atoms with Crippen LogP contribution in [-0.2, 0) is 12.6 Å². The highest BCUT2D eigenvalue weighted by Crippen LogP contribution is 2.31. The molecular weight excluding hydrogens is 203 g/mol. The van der Waals surface area contributed by atoms with Crippen LogP contribution in [0.3, 0.4) is 0 Å². The van der Waals surface area contributed by atoms with Crippen molar-refractivity contribution < 1.29 is 13.2 Å². The summed E-state index contributed by atoms with van der Waals surface area (Å²) in [4.78, 5) is 0. The first-order chi connectivity index (χ1) is 6.80. The number of nitrogen functional groups attached to an aromatic ring is 1. The Hall–Kier alpha value is -1.19. The van der Waals surface area contributed by atoms with Crippen LogP contribution in [0, 0.1) is 5.92 Å². The van der Waals surface area contributed by atoms with Crippen molar-refractivity contribution in [3.05, 3.63) is 29.3 Å². The van der Waals surface area contributed by atoms with Crippen molar-refractivity contribution >= 4 is 5.69 Å². The molecule has 0 spiro atoms. The van der Waals surface area contributed by atoms with Crippen molar-refractivity contribution in [3.8, 4) is 0 Å². The number of hydrogen-bond acceptors (Lipinski definition) is 1. The summed E-state index contributed by atoms with van der Waals surface area (Å²) < 4.78 is 37.2. The number of anilines is 1. The standard InChI is InChI=1S/C11H14F3N/c1-7(2)5-8-6-9(11(12,13)14)3-4-10(8)15/h3-4,6-7H,5,15H2,1-2H3. The number of alkyl halides is 3. The molecule has 0 saturated heterocycles. The van der Waals surface area contributed by atoms with E-state index in [1.807, 2.05) is 13.8 Å². The van der Waals surface area contributed by atoms with Crippen molar-refractivity contribution in [2.24, 2.45) is 5.92 Å². The van der Waals surface area contributed by atoms with E-state index in [1.54, 1.807) is 0 Å². The highest BCUT2D eigenvalue weighted by atomic mass is 19.4. The second kappa shape index (κ2) is 4.13. The van der Waals surface area contributed by atoms with Crippen molar-refractivity contribution in [2.45, 2.75) is 26.4 Å². The molecule has 0 bridgehead atoms. The van der Waals surface area contributed by atoms with Crippen molar-refractivity contribution in [2.75, 3.05) is 5.73 Å². The quantitative estimate of drug-likeness (QED) is 0.754. The average Bonchev–Trinajstić information content (AvgIpc) is 2.06. The Morgan fingerprint density at radius 1 is 1.27 bits per heavy atom. The van der Waals surface area contributed by atoms with E-state index in [0.29, 0.717) is 17.7 Å². The fourth-order valence-electron chi connectivity index (χ4n) is 1.40. The molecule has 1 aromatic rings. The van der Waals surface area contributed by atoms with Gasteiger partial charge >= 0.3 is 6.18 Å². The van der Waals surface area contributed by atoms with E-state index < -0.39 is 11.7 Å². The Kier molecular flexibility index (Phi) is 3.27. The van der Waals surface area contributed by atoms with Gasteiger partial charge in [0.15, 0.2) is 0 Å². The Bertz CT molecular complexity index is 342. The van der Waals surface area contributed by atoms with Gasteiger partial charge in [0, 0.05) is 5.69 Å². The highest BCUT2D eigenvalue weighted by molar-refractivity contribution is 5.49. The summed E-state index contributed by atoms with van der Waals surface area (Å²) in [6, 6.07) is 3.47. The monoisotopic (exact) mass is 217 g/mol. The number of nitrogens with two attached hydrogens (primary N) is 1. The van der Waals surface area contributed by atoms with Crippen LogP contribution in [0.4, 0.5) is 18.9 Å². The minimum atomic E-state index is -4.29. The molecule has 0 fully saturated rings. The first kappa shape index (κ1) is 11.9. The zero-order chi connectivity index (χ0) is 11.6. The molecule has 0 aliphatic heterocycles. The van der Waals surface area contributed by atoms with Gasteiger partial charge in [0.05, 0.1) is 5.56 Å². The molecule has 0 amide bonds. The van der Waals surface area contributed by atoms with Crippen LogP contribution in [-0.4, -0.2) is 0 Å². The number of hydrogen-bond donors (Lipinski definition) is 1. The molecule has 0 atom stereocenters. The fraction of sp³-hybridized carbons (Fsp3) is 0.455. The topological polar surface area (TPSA) is 26.0 Å². The van der Waals surface area contributed by atoms with E-state index in [0.717, 1.165) is 12.1 Å². The summed E-state index contributed by atoms with van der Waals surface area (Å²) in [5.41, 5.74) is 5.98. The van der Waals surface area contributed by atoms with Gasteiger partial charge in [0.2, 0.25) is 0 Å². The van der Waals surface area contributed by atoms with Crippen molar-refractivity contribution in [3.63, 3.8) is 0 Å². The smallest absolute Gasteiger partial charge is 0.399 e. The van der Waals surface area contributed by atoms with Gasteiger partial charge in [-0.1, -0.05) is 13.8 Å². The number of benzene rings is 1. The first-order valence-electron chi connectivity index (χ1n) is 4.76. The summed E-state index contributed by atoms with van der Waals surface area (Å²) in [6.45, 7) is 3.89. The minimum Gasteiger partial charge on any atom is -0.399 e. The molecule has 0 unspecified atom stereocenters. The molecule has 0 saturated carbocycles. The SMILES string of the molecule is CC(C)Cc1cc(C(F)(F)F)ccc1N. The van der Waals surface area contributed by atoms with E-state index in [-0.39, 0.29) is 5.92 Å². The summed E-state index contributed by atoms with van der Waals surface area (Å²) in [7, 11) is 0. The van der Waals surface area contributed by atoms with Crippen LogP contribution >= 0.6 is 0 Å². The molecule has 0 aromatic heterocycles. The van der Waals surface area contributed by atoms with E-state index in [9.17, 15) is 13.2 Å². The molecule has 1 nitrogen and oxygen atoms in total. The van der Waals surface area contributed by atoms with Gasteiger partial charge < -0.3 is 5.73 Å². The summed E-state index contributed by atoms with van der Waals surface area (Å²) >= 11 is 0. The van der Waals surface area contributed by atoms with Gasteiger partial charge in [-0.25, -0.2) is 0 Å². The van der Waals surface area contributed by atoms with Gasteiger partial charge in [-0.05, 0) is 36.1 Å². The third-order valence-electron chi connectivity index (χ3n) is 2.10. The number of halogens is 3. The number of rotatable bonds is 2. The zero-order valence-electron chi connectivity index (χ0n) is 8.73. The molecular formula is C11H14F3N. The van der Waals surface area contributed by atoms with Crippen LogP contribution in [0.2, 0.25) is 0 Å². The highest BCUT2D eigenvalue weighted by Gasteiger charge is 2.30. The van der Waals surface area contributed by atoms with Gasteiger partial charge in [-0.3, -0.25) is 0 Å². The van der Waals surface area contributed by atoms with Gasteiger partial charge in [0.25, 0.3) is 0 Å². The van der Waals surface area contributed by atoms with Crippen LogP contribution in [0.5, 0.6) is 0 Å². The lowest BCUT2D eigenvalue weighted by atomic mass is 9.99. The Balaban J connectivity index is 3.06. The summed E-state index contributed by atoms with van der Waals surface area (Å²) in [5.74, 6) is 0.288. The van der Waals surface area contributed by atoms with E-state index in [1.165, 1.54) is 6.07 Å². The average molecular weight is 217 g/mol. The molecule has 1 aromatic carbocycles. The molecule has 4 heteroatoms. The summed E-state index contributed by atoms with van der Waals surface area (Å²) in [6.07, 6.45) is -3.73. The molecule has 0 aliphatic rings. The van der Waals surface area contributed by atoms with Gasteiger partial charge in [0.1, 0.15) is 0 Å².